The predicted molar refractivity (Wildman–Crippen MR) is 71.4 cm³/mol. The first-order valence-electron chi connectivity index (χ1n) is 7.21. The Morgan fingerprint density at radius 1 is 1.17 bits per heavy atom. The van der Waals surface area contributed by atoms with Crippen LogP contribution in [-0.4, -0.2) is 18.1 Å². The highest BCUT2D eigenvalue weighted by atomic mass is 16.4. The zero-order valence-corrected chi connectivity index (χ0v) is 11.0. The molecule has 1 saturated heterocycles. The maximum atomic E-state index is 5.56. The van der Waals surface area contributed by atoms with Crippen molar-refractivity contribution in [3.8, 4) is 0 Å². The lowest BCUT2D eigenvalue weighted by atomic mass is 9.68. The van der Waals surface area contributed by atoms with Crippen molar-refractivity contribution in [2.75, 3.05) is 18.0 Å². The van der Waals surface area contributed by atoms with Gasteiger partial charge in [-0.15, -0.1) is 0 Å². The normalized spacial score (nSPS) is 23.5. The van der Waals surface area contributed by atoms with E-state index in [-0.39, 0.29) is 0 Å². The van der Waals surface area contributed by atoms with Crippen LogP contribution in [0.25, 0.3) is 0 Å². The molecule has 1 saturated carbocycles. The fraction of sp³-hybridized carbons (Fsp3) is 0.786. The second-order valence-corrected chi connectivity index (χ2v) is 5.87. The Morgan fingerprint density at radius 2 is 1.89 bits per heavy atom. The van der Waals surface area contributed by atoms with Gasteiger partial charge in [0.2, 0.25) is 0 Å². The third-order valence-electron chi connectivity index (χ3n) is 4.76. The molecule has 3 rings (SSSR count). The number of hydrogen-bond acceptors (Lipinski definition) is 4. The maximum absolute atomic E-state index is 5.56. The first kappa shape index (κ1) is 12.0. The lowest BCUT2D eigenvalue weighted by Gasteiger charge is -2.43. The average Bonchev–Trinajstić information content (AvgIpc) is 2.89. The molecule has 0 bridgehead atoms. The Kier molecular flexibility index (Phi) is 3.29. The summed E-state index contributed by atoms with van der Waals surface area (Å²) in [5.41, 5.74) is 7.05. The zero-order chi connectivity index (χ0) is 12.4. The van der Waals surface area contributed by atoms with Crippen LogP contribution in [0, 0.1) is 5.41 Å². The lowest BCUT2D eigenvalue weighted by Crippen LogP contribution is -2.41. The van der Waals surface area contributed by atoms with Gasteiger partial charge in [0.1, 0.15) is 6.26 Å². The predicted octanol–water partition coefficient (Wildman–Crippen LogP) is 2.68. The summed E-state index contributed by atoms with van der Waals surface area (Å²) in [6, 6.07) is 0.765. The second kappa shape index (κ2) is 4.92. The van der Waals surface area contributed by atoms with E-state index in [1.165, 1.54) is 44.9 Å². The molecule has 1 aromatic heterocycles. The molecule has 1 aliphatic carbocycles. The van der Waals surface area contributed by atoms with Crippen molar-refractivity contribution < 1.29 is 4.42 Å². The molecule has 1 aliphatic heterocycles. The van der Waals surface area contributed by atoms with Gasteiger partial charge in [-0.05, 0) is 31.1 Å². The van der Waals surface area contributed by atoms with Crippen LogP contribution in [0.4, 0.5) is 6.01 Å². The van der Waals surface area contributed by atoms with Crippen LogP contribution in [-0.2, 0) is 6.54 Å². The van der Waals surface area contributed by atoms with Gasteiger partial charge in [-0.2, -0.15) is 4.98 Å². The molecule has 0 radical (unpaired) electrons. The Hall–Kier alpha value is -1.03. The molecule has 1 spiro atoms. The van der Waals surface area contributed by atoms with E-state index in [4.69, 9.17) is 10.2 Å². The first-order chi connectivity index (χ1) is 8.81. The van der Waals surface area contributed by atoms with E-state index in [0.29, 0.717) is 12.0 Å². The van der Waals surface area contributed by atoms with E-state index in [2.05, 4.69) is 9.88 Å². The molecule has 2 fully saturated rings. The maximum Gasteiger partial charge on any atom is 0.297 e. The summed E-state index contributed by atoms with van der Waals surface area (Å²) in [6.45, 7) is 2.64. The lowest BCUT2D eigenvalue weighted by molar-refractivity contribution is 0.142. The summed E-state index contributed by atoms with van der Waals surface area (Å²) in [7, 11) is 0. The highest BCUT2D eigenvalue weighted by molar-refractivity contribution is 5.28. The smallest absolute Gasteiger partial charge is 0.297 e. The minimum Gasteiger partial charge on any atom is -0.432 e. The van der Waals surface area contributed by atoms with Gasteiger partial charge in [0.15, 0.2) is 0 Å². The number of aromatic nitrogens is 1. The molecule has 18 heavy (non-hydrogen) atoms. The van der Waals surface area contributed by atoms with Gasteiger partial charge >= 0.3 is 0 Å². The molecular formula is C14H23N3O. The van der Waals surface area contributed by atoms with Gasteiger partial charge < -0.3 is 15.1 Å². The van der Waals surface area contributed by atoms with E-state index in [0.717, 1.165) is 24.8 Å². The SMILES string of the molecule is NCc1coc(N2CCC3(CCCCC3)CC2)n1. The first-order valence-corrected chi connectivity index (χ1v) is 7.21. The van der Waals surface area contributed by atoms with Crippen LogP contribution < -0.4 is 10.6 Å². The van der Waals surface area contributed by atoms with Gasteiger partial charge in [-0.25, -0.2) is 0 Å². The number of rotatable bonds is 2. The van der Waals surface area contributed by atoms with Gasteiger partial charge in [0.25, 0.3) is 6.01 Å². The Bertz CT molecular complexity index is 385. The van der Waals surface area contributed by atoms with Gasteiger partial charge in [0, 0.05) is 19.6 Å². The largest absolute Gasteiger partial charge is 0.432 e. The summed E-state index contributed by atoms with van der Waals surface area (Å²) >= 11 is 0. The summed E-state index contributed by atoms with van der Waals surface area (Å²) in [5.74, 6) is 0. The van der Waals surface area contributed by atoms with E-state index in [1.54, 1.807) is 6.26 Å². The molecule has 2 N–H and O–H groups in total. The van der Waals surface area contributed by atoms with Crippen LogP contribution in [0.1, 0.15) is 50.6 Å². The summed E-state index contributed by atoms with van der Waals surface area (Å²) in [4.78, 5) is 6.70. The molecular weight excluding hydrogens is 226 g/mol. The molecule has 4 nitrogen and oxygen atoms in total. The molecule has 0 atom stereocenters. The number of hydrogen-bond donors (Lipinski definition) is 1. The highest BCUT2D eigenvalue weighted by Gasteiger charge is 2.36. The Labute approximate surface area is 109 Å². The fourth-order valence-corrected chi connectivity index (χ4v) is 3.51. The van der Waals surface area contributed by atoms with Crippen molar-refractivity contribution in [1.29, 1.82) is 0 Å². The van der Waals surface area contributed by atoms with Crippen molar-refractivity contribution in [3.05, 3.63) is 12.0 Å². The fourth-order valence-electron chi connectivity index (χ4n) is 3.51. The van der Waals surface area contributed by atoms with Crippen LogP contribution in [0.5, 0.6) is 0 Å². The van der Waals surface area contributed by atoms with Crippen molar-refractivity contribution in [3.63, 3.8) is 0 Å². The summed E-state index contributed by atoms with van der Waals surface area (Å²) < 4.78 is 5.51. The number of anilines is 1. The van der Waals surface area contributed by atoms with Crippen LogP contribution >= 0.6 is 0 Å². The minimum absolute atomic E-state index is 0.460. The monoisotopic (exact) mass is 249 g/mol. The molecule has 2 aliphatic rings. The van der Waals surface area contributed by atoms with E-state index in [9.17, 15) is 0 Å². The topological polar surface area (TPSA) is 55.3 Å². The quantitative estimate of drug-likeness (QED) is 0.875. The van der Waals surface area contributed by atoms with Gasteiger partial charge in [-0.1, -0.05) is 19.3 Å². The number of nitrogens with two attached hydrogens (primary N) is 1. The van der Waals surface area contributed by atoms with Crippen molar-refractivity contribution >= 4 is 6.01 Å². The minimum atomic E-state index is 0.460. The third-order valence-corrected chi connectivity index (χ3v) is 4.76. The Morgan fingerprint density at radius 3 is 2.50 bits per heavy atom. The third kappa shape index (κ3) is 2.26. The van der Waals surface area contributed by atoms with Gasteiger partial charge in [0.05, 0.1) is 5.69 Å². The molecule has 2 heterocycles. The highest BCUT2D eigenvalue weighted by Crippen LogP contribution is 2.44. The van der Waals surface area contributed by atoms with Gasteiger partial charge in [-0.3, -0.25) is 0 Å². The van der Waals surface area contributed by atoms with Crippen LogP contribution in [0.15, 0.2) is 10.7 Å². The van der Waals surface area contributed by atoms with Crippen LogP contribution in [0.2, 0.25) is 0 Å². The average molecular weight is 249 g/mol. The molecule has 0 amide bonds. The van der Waals surface area contributed by atoms with Crippen molar-refractivity contribution in [2.24, 2.45) is 11.1 Å². The van der Waals surface area contributed by atoms with E-state index < -0.39 is 0 Å². The standard InChI is InChI=1S/C14H23N3O/c15-10-12-11-18-13(16-12)17-8-6-14(7-9-17)4-2-1-3-5-14/h11H,1-10,15H2. The summed E-state index contributed by atoms with van der Waals surface area (Å²) in [5, 5.41) is 0. The molecule has 0 unspecified atom stereocenters. The molecule has 4 heteroatoms. The van der Waals surface area contributed by atoms with Crippen molar-refractivity contribution in [2.45, 2.75) is 51.5 Å². The second-order valence-electron chi connectivity index (χ2n) is 5.87. The van der Waals surface area contributed by atoms with E-state index >= 15 is 0 Å². The van der Waals surface area contributed by atoms with Crippen molar-refractivity contribution in [1.82, 2.24) is 4.98 Å². The Balaban J connectivity index is 1.62. The molecule has 1 aromatic rings. The zero-order valence-electron chi connectivity index (χ0n) is 11.0. The summed E-state index contributed by atoms with van der Waals surface area (Å²) in [6.07, 6.45) is 11.4. The number of oxazole rings is 1. The van der Waals surface area contributed by atoms with E-state index in [1.807, 2.05) is 0 Å². The number of piperidine rings is 1. The molecule has 100 valence electrons. The molecule has 0 aromatic carbocycles. The van der Waals surface area contributed by atoms with Crippen LogP contribution in [0.3, 0.4) is 0 Å². The number of nitrogens with zero attached hydrogens (tertiary/aromatic N) is 2.